The number of nitrogens with zero attached hydrogens (tertiary/aromatic N) is 3. The van der Waals surface area contributed by atoms with E-state index in [4.69, 9.17) is 9.72 Å². The van der Waals surface area contributed by atoms with Gasteiger partial charge in [0, 0.05) is 26.2 Å². The van der Waals surface area contributed by atoms with Crippen molar-refractivity contribution < 1.29 is 9.53 Å². The van der Waals surface area contributed by atoms with Crippen LogP contribution < -0.4 is 0 Å². The number of rotatable bonds is 2. The van der Waals surface area contributed by atoms with Crippen LogP contribution >= 0.6 is 11.3 Å². The molecule has 1 unspecified atom stereocenters. The van der Waals surface area contributed by atoms with Crippen molar-refractivity contribution in [2.45, 2.75) is 12.0 Å². The van der Waals surface area contributed by atoms with Crippen LogP contribution in [0.3, 0.4) is 0 Å². The monoisotopic (exact) mass is 382 g/mol. The standard InChI is InChI=1S/C20H22N4O2S/c1-23-8-9-24(12-20(23)7-10-26-13-20)19(25)14-4-2-5-15-17(14)22-18(21-15)16-6-3-11-27-16/h2-6,11H,7-10,12-13H2,1H3,(H,21,22). The molecule has 7 heteroatoms. The Morgan fingerprint density at radius 3 is 3.00 bits per heavy atom. The molecule has 1 N–H and O–H groups in total. The second kappa shape index (κ2) is 6.44. The third-order valence-corrected chi connectivity index (χ3v) is 6.74. The molecule has 0 bridgehead atoms. The van der Waals surface area contributed by atoms with Crippen LogP contribution in [0, 0.1) is 0 Å². The van der Waals surface area contributed by atoms with Gasteiger partial charge in [0.05, 0.1) is 28.1 Å². The Kier molecular flexibility index (Phi) is 4.03. The second-order valence-electron chi connectivity index (χ2n) is 7.44. The summed E-state index contributed by atoms with van der Waals surface area (Å²) in [7, 11) is 2.14. The quantitative estimate of drug-likeness (QED) is 0.740. The van der Waals surface area contributed by atoms with Crippen LogP contribution in [-0.2, 0) is 4.74 Å². The first kappa shape index (κ1) is 16.9. The maximum Gasteiger partial charge on any atom is 0.256 e. The number of carbonyl (C=O) groups is 1. The fourth-order valence-corrected chi connectivity index (χ4v) is 4.83. The molecule has 0 saturated carbocycles. The predicted molar refractivity (Wildman–Crippen MR) is 106 cm³/mol. The number of hydrogen-bond donors (Lipinski definition) is 1. The molecule has 0 aliphatic carbocycles. The lowest BCUT2D eigenvalue weighted by atomic mass is 9.93. The number of piperazine rings is 1. The molecule has 1 spiro atoms. The first-order valence-corrected chi connectivity index (χ1v) is 10.2. The number of aromatic amines is 1. The third kappa shape index (κ3) is 2.77. The minimum absolute atomic E-state index is 0.0461. The Morgan fingerprint density at radius 1 is 1.30 bits per heavy atom. The first-order valence-electron chi connectivity index (χ1n) is 9.27. The summed E-state index contributed by atoms with van der Waals surface area (Å²) in [6.45, 7) is 3.77. The molecule has 0 radical (unpaired) electrons. The molecule has 1 atom stereocenters. The van der Waals surface area contributed by atoms with E-state index in [1.807, 2.05) is 40.6 Å². The van der Waals surface area contributed by atoms with Crippen molar-refractivity contribution in [1.82, 2.24) is 19.8 Å². The molecule has 2 saturated heterocycles. The molecule has 6 nitrogen and oxygen atoms in total. The molecule has 4 heterocycles. The smallest absolute Gasteiger partial charge is 0.256 e. The van der Waals surface area contributed by atoms with Gasteiger partial charge in [0.1, 0.15) is 11.3 Å². The maximum absolute atomic E-state index is 13.4. The van der Waals surface area contributed by atoms with Crippen molar-refractivity contribution in [1.29, 1.82) is 0 Å². The van der Waals surface area contributed by atoms with Crippen LogP contribution in [-0.4, -0.2) is 71.1 Å². The number of aromatic nitrogens is 2. The minimum Gasteiger partial charge on any atom is -0.379 e. The molecule has 2 aromatic heterocycles. The first-order chi connectivity index (χ1) is 13.2. The van der Waals surface area contributed by atoms with E-state index in [0.717, 1.165) is 47.9 Å². The van der Waals surface area contributed by atoms with Crippen LogP contribution in [0.1, 0.15) is 16.8 Å². The van der Waals surface area contributed by atoms with E-state index in [1.165, 1.54) is 0 Å². The van der Waals surface area contributed by atoms with E-state index < -0.39 is 0 Å². The number of benzene rings is 1. The van der Waals surface area contributed by atoms with Crippen LogP contribution in [0.15, 0.2) is 35.7 Å². The number of amides is 1. The van der Waals surface area contributed by atoms with Crippen LogP contribution in [0.4, 0.5) is 0 Å². The van der Waals surface area contributed by atoms with Crippen molar-refractivity contribution in [2.24, 2.45) is 0 Å². The number of imidazole rings is 1. The molecule has 5 rings (SSSR count). The number of nitrogens with one attached hydrogen (secondary N) is 1. The van der Waals surface area contributed by atoms with E-state index in [0.29, 0.717) is 18.7 Å². The third-order valence-electron chi connectivity index (χ3n) is 5.87. The van der Waals surface area contributed by atoms with Crippen molar-refractivity contribution in [3.05, 3.63) is 41.3 Å². The zero-order valence-corrected chi connectivity index (χ0v) is 16.1. The Morgan fingerprint density at radius 2 is 2.22 bits per heavy atom. The van der Waals surface area contributed by atoms with Gasteiger partial charge in [-0.05, 0) is 37.0 Å². The van der Waals surface area contributed by atoms with Crippen molar-refractivity contribution in [3.8, 4) is 10.7 Å². The molecular formula is C20H22N4O2S. The Bertz CT molecular complexity index is 975. The number of likely N-dealkylation sites (N-methyl/N-ethyl adjacent to an activating group) is 1. The Balaban J connectivity index is 1.49. The van der Waals surface area contributed by atoms with E-state index in [1.54, 1.807) is 11.3 Å². The van der Waals surface area contributed by atoms with Crippen molar-refractivity contribution in [2.75, 3.05) is 39.9 Å². The molecule has 2 aliphatic rings. The summed E-state index contributed by atoms with van der Waals surface area (Å²) in [5.74, 6) is 0.878. The maximum atomic E-state index is 13.4. The summed E-state index contributed by atoms with van der Waals surface area (Å²) < 4.78 is 5.66. The van der Waals surface area contributed by atoms with Gasteiger partial charge in [0.25, 0.3) is 5.91 Å². The molecule has 140 valence electrons. The summed E-state index contributed by atoms with van der Waals surface area (Å²) in [4.78, 5) is 26.9. The van der Waals surface area contributed by atoms with Gasteiger partial charge in [-0.25, -0.2) is 4.98 Å². The molecular weight excluding hydrogens is 360 g/mol. The second-order valence-corrected chi connectivity index (χ2v) is 8.39. The number of H-pyrrole nitrogens is 1. The number of carbonyl (C=O) groups excluding carboxylic acids is 1. The lowest BCUT2D eigenvalue weighted by molar-refractivity contribution is 0.00935. The largest absolute Gasteiger partial charge is 0.379 e. The summed E-state index contributed by atoms with van der Waals surface area (Å²) in [6, 6.07) is 9.84. The summed E-state index contributed by atoms with van der Waals surface area (Å²) in [5, 5.41) is 2.03. The topological polar surface area (TPSA) is 61.5 Å². The molecule has 27 heavy (non-hydrogen) atoms. The summed E-state index contributed by atoms with van der Waals surface area (Å²) in [5.41, 5.74) is 2.28. The SMILES string of the molecule is CN1CCN(C(=O)c2cccc3[nH]c(-c4cccs4)nc23)CC12CCOC2. The summed E-state index contributed by atoms with van der Waals surface area (Å²) >= 11 is 1.64. The van der Waals surface area contributed by atoms with Gasteiger partial charge in [-0.1, -0.05) is 12.1 Å². The molecule has 1 amide bonds. The zero-order valence-electron chi connectivity index (χ0n) is 15.3. The molecule has 1 aromatic carbocycles. The molecule has 3 aromatic rings. The van der Waals surface area contributed by atoms with Crippen molar-refractivity contribution in [3.63, 3.8) is 0 Å². The van der Waals surface area contributed by atoms with Crippen molar-refractivity contribution >= 4 is 28.3 Å². The van der Waals surface area contributed by atoms with Gasteiger partial charge in [-0.2, -0.15) is 0 Å². The van der Waals surface area contributed by atoms with E-state index in [9.17, 15) is 4.79 Å². The van der Waals surface area contributed by atoms with Crippen LogP contribution in [0.2, 0.25) is 0 Å². The average molecular weight is 382 g/mol. The van der Waals surface area contributed by atoms with E-state index in [-0.39, 0.29) is 11.4 Å². The Labute approximate surface area is 161 Å². The number of hydrogen-bond acceptors (Lipinski definition) is 5. The fraction of sp³-hybridized carbons (Fsp3) is 0.400. The normalized spacial score (nSPS) is 23.5. The predicted octanol–water partition coefficient (Wildman–Crippen LogP) is 2.84. The van der Waals surface area contributed by atoms with E-state index in [2.05, 4.69) is 16.9 Å². The summed E-state index contributed by atoms with van der Waals surface area (Å²) in [6.07, 6.45) is 0.975. The zero-order chi connectivity index (χ0) is 18.4. The number of ether oxygens (including phenoxy) is 1. The van der Waals surface area contributed by atoms with Crippen LogP contribution in [0.5, 0.6) is 0 Å². The van der Waals surface area contributed by atoms with Gasteiger partial charge in [0.15, 0.2) is 0 Å². The lowest BCUT2D eigenvalue weighted by Gasteiger charge is -2.46. The molecule has 2 fully saturated rings. The number of thiophene rings is 1. The highest BCUT2D eigenvalue weighted by atomic mass is 32.1. The number of para-hydroxylation sites is 1. The number of fused-ring (bicyclic) bond motifs is 1. The van der Waals surface area contributed by atoms with Gasteiger partial charge in [-0.15, -0.1) is 11.3 Å². The lowest BCUT2D eigenvalue weighted by Crippen LogP contribution is -2.62. The van der Waals surface area contributed by atoms with Gasteiger partial charge in [-0.3, -0.25) is 9.69 Å². The Hall–Kier alpha value is -2.22. The average Bonchev–Trinajstić information content (AvgIpc) is 3.43. The van der Waals surface area contributed by atoms with Gasteiger partial charge < -0.3 is 14.6 Å². The van der Waals surface area contributed by atoms with Gasteiger partial charge >= 0.3 is 0 Å². The van der Waals surface area contributed by atoms with E-state index >= 15 is 0 Å². The highest BCUT2D eigenvalue weighted by Gasteiger charge is 2.44. The molecule has 2 aliphatic heterocycles. The highest BCUT2D eigenvalue weighted by Crippen LogP contribution is 2.31. The van der Waals surface area contributed by atoms with Crippen LogP contribution in [0.25, 0.3) is 21.7 Å². The van der Waals surface area contributed by atoms with Gasteiger partial charge in [0.2, 0.25) is 0 Å². The highest BCUT2D eigenvalue weighted by molar-refractivity contribution is 7.13. The minimum atomic E-state index is -0.0461. The fourth-order valence-electron chi connectivity index (χ4n) is 4.16.